The molecule has 0 heterocycles. The van der Waals surface area contributed by atoms with Gasteiger partial charge in [-0.25, -0.2) is 0 Å². The highest BCUT2D eigenvalue weighted by Gasteiger charge is 2.18. The van der Waals surface area contributed by atoms with E-state index < -0.39 is 4.92 Å². The molecule has 0 fully saturated rings. The van der Waals surface area contributed by atoms with Crippen LogP contribution in [-0.4, -0.2) is 43.4 Å². The van der Waals surface area contributed by atoms with Gasteiger partial charge >= 0.3 is 0 Å². The zero-order valence-electron chi connectivity index (χ0n) is 21.9. The van der Waals surface area contributed by atoms with Crippen molar-refractivity contribution in [2.45, 2.75) is 39.9 Å². The summed E-state index contributed by atoms with van der Waals surface area (Å²) < 4.78 is 11.6. The number of hydrogen-bond acceptors (Lipinski definition) is 9. The summed E-state index contributed by atoms with van der Waals surface area (Å²) in [5, 5.41) is 40.5. The number of nitriles is 2. The van der Waals surface area contributed by atoms with Crippen LogP contribution in [0.15, 0.2) is 58.8 Å². The summed E-state index contributed by atoms with van der Waals surface area (Å²) in [6.45, 7) is 10.5. The Labute approximate surface area is 221 Å². The van der Waals surface area contributed by atoms with E-state index in [4.69, 9.17) is 9.47 Å². The zero-order valence-corrected chi connectivity index (χ0v) is 21.9. The Bertz CT molecular complexity index is 1360. The first-order chi connectivity index (χ1) is 18.2. The predicted molar refractivity (Wildman–Crippen MR) is 145 cm³/mol. The molecule has 10 nitrogen and oxygen atoms in total. The minimum absolute atomic E-state index is 0.00736. The van der Waals surface area contributed by atoms with Gasteiger partial charge in [-0.3, -0.25) is 10.1 Å². The fraction of sp³-hybridized carbons (Fsp3) is 0.357. The number of non-ortho nitro benzene ring substituents is 1. The summed E-state index contributed by atoms with van der Waals surface area (Å²) in [6, 6.07) is 17.5. The molecule has 0 unspecified atom stereocenters. The van der Waals surface area contributed by atoms with Gasteiger partial charge in [0.05, 0.1) is 47.2 Å². The van der Waals surface area contributed by atoms with E-state index in [9.17, 15) is 20.6 Å². The molecule has 0 aliphatic carbocycles. The van der Waals surface area contributed by atoms with Crippen LogP contribution in [0.2, 0.25) is 0 Å². The molecule has 0 N–H and O–H groups in total. The van der Waals surface area contributed by atoms with Crippen molar-refractivity contribution in [1.29, 1.82) is 10.5 Å². The van der Waals surface area contributed by atoms with E-state index in [-0.39, 0.29) is 34.7 Å². The van der Waals surface area contributed by atoms with Crippen LogP contribution >= 0.6 is 0 Å². The van der Waals surface area contributed by atoms with Gasteiger partial charge < -0.3 is 14.4 Å². The molecule has 3 aromatic carbocycles. The van der Waals surface area contributed by atoms with Crippen LogP contribution in [0.25, 0.3) is 10.8 Å². The Balaban J connectivity index is 2.02. The van der Waals surface area contributed by atoms with E-state index in [1.807, 2.05) is 76.2 Å². The van der Waals surface area contributed by atoms with Gasteiger partial charge in [-0.05, 0) is 39.8 Å². The first-order valence-corrected chi connectivity index (χ1v) is 12.3. The summed E-state index contributed by atoms with van der Waals surface area (Å²) >= 11 is 0. The number of rotatable bonds is 12. The molecule has 0 aliphatic heterocycles. The summed E-state index contributed by atoms with van der Waals surface area (Å²) in [5.74, 6) is 0. The van der Waals surface area contributed by atoms with E-state index in [1.54, 1.807) is 0 Å². The number of hydrogen-bond donors (Lipinski definition) is 0. The minimum atomic E-state index is -0.654. The predicted octanol–water partition coefficient (Wildman–Crippen LogP) is 6.56. The monoisotopic (exact) mass is 514 g/mol. The van der Waals surface area contributed by atoms with Gasteiger partial charge in [0, 0.05) is 41.7 Å². The quantitative estimate of drug-likeness (QED) is 0.151. The molecule has 0 amide bonds. The van der Waals surface area contributed by atoms with Gasteiger partial charge in [0.2, 0.25) is 0 Å². The number of azo groups is 1. The molecule has 10 heteroatoms. The molecule has 0 saturated heterocycles. The Morgan fingerprint density at radius 3 is 1.95 bits per heavy atom. The van der Waals surface area contributed by atoms with E-state index >= 15 is 0 Å². The Morgan fingerprint density at radius 1 is 0.895 bits per heavy atom. The molecule has 0 aliphatic rings. The minimum Gasteiger partial charge on any atom is -0.377 e. The zero-order chi connectivity index (χ0) is 27.7. The first kappa shape index (κ1) is 28.2. The third-order valence-corrected chi connectivity index (χ3v) is 5.65. The third-order valence-electron chi connectivity index (χ3n) is 5.65. The van der Waals surface area contributed by atoms with Gasteiger partial charge in [0.15, 0.2) is 0 Å². The van der Waals surface area contributed by atoms with Crippen LogP contribution in [0.5, 0.6) is 0 Å². The van der Waals surface area contributed by atoms with E-state index in [0.29, 0.717) is 32.0 Å². The van der Waals surface area contributed by atoms with Crippen LogP contribution in [-0.2, 0) is 9.47 Å². The summed E-state index contributed by atoms with van der Waals surface area (Å²) in [5.41, 5.74) is 0.975. The van der Waals surface area contributed by atoms with Gasteiger partial charge in [0.25, 0.3) is 5.69 Å². The molecule has 0 atom stereocenters. The number of fused-ring (bicyclic) bond motifs is 1. The van der Waals surface area contributed by atoms with Gasteiger partial charge in [-0.15, -0.1) is 10.2 Å². The highest BCUT2D eigenvalue weighted by molar-refractivity contribution is 6.01. The molecule has 0 saturated carbocycles. The standard InChI is InChI=1S/C28H30N6O4/c1-19(2)37-13-11-33(12-14-38-20(3)4)27-10-9-26(24-7-5-6-8-25(24)27)31-32-28-21(17-29)15-23(34(35)36)16-22(28)18-30/h5-10,15-16,19-20H,11-14H2,1-4H3. The molecule has 0 spiro atoms. The topological polar surface area (TPSA) is 137 Å². The van der Waals surface area contributed by atoms with Crippen molar-refractivity contribution < 1.29 is 14.4 Å². The van der Waals surface area contributed by atoms with Crippen molar-refractivity contribution in [1.82, 2.24) is 0 Å². The second kappa shape index (κ2) is 13.2. The fourth-order valence-corrected chi connectivity index (χ4v) is 3.89. The first-order valence-electron chi connectivity index (χ1n) is 12.3. The van der Waals surface area contributed by atoms with Crippen LogP contribution in [0.3, 0.4) is 0 Å². The molecular formula is C28H30N6O4. The lowest BCUT2D eigenvalue weighted by atomic mass is 10.1. The Hall–Kier alpha value is -4.38. The summed E-state index contributed by atoms with van der Waals surface area (Å²) in [4.78, 5) is 12.7. The molecule has 0 aromatic heterocycles. The van der Waals surface area contributed by atoms with Gasteiger partial charge in [0.1, 0.15) is 17.8 Å². The van der Waals surface area contributed by atoms with E-state index in [2.05, 4.69) is 15.1 Å². The Kier molecular flexibility index (Phi) is 9.83. The third kappa shape index (κ3) is 7.10. The molecule has 3 rings (SSSR count). The average molecular weight is 515 g/mol. The van der Waals surface area contributed by atoms with E-state index in [0.717, 1.165) is 28.6 Å². The summed E-state index contributed by atoms with van der Waals surface area (Å²) in [6.07, 6.45) is 0.249. The van der Waals surface area contributed by atoms with Crippen molar-refractivity contribution in [2.24, 2.45) is 10.2 Å². The van der Waals surface area contributed by atoms with Crippen LogP contribution in [0, 0.1) is 32.8 Å². The van der Waals surface area contributed by atoms with Crippen LogP contribution < -0.4 is 4.90 Å². The highest BCUT2D eigenvalue weighted by atomic mass is 16.6. The van der Waals surface area contributed by atoms with Crippen LogP contribution in [0.4, 0.5) is 22.7 Å². The van der Waals surface area contributed by atoms with Crippen LogP contribution in [0.1, 0.15) is 38.8 Å². The average Bonchev–Trinajstić information content (AvgIpc) is 2.90. The van der Waals surface area contributed by atoms with Crippen molar-refractivity contribution >= 4 is 33.5 Å². The maximum Gasteiger partial charge on any atom is 0.272 e. The lowest BCUT2D eigenvalue weighted by molar-refractivity contribution is -0.384. The lowest BCUT2D eigenvalue weighted by Crippen LogP contribution is -2.32. The number of ether oxygens (including phenoxy) is 2. The van der Waals surface area contributed by atoms with Gasteiger partial charge in [-0.1, -0.05) is 24.3 Å². The second-order valence-electron chi connectivity index (χ2n) is 9.05. The van der Waals surface area contributed by atoms with Crippen molar-refractivity contribution in [3.63, 3.8) is 0 Å². The molecule has 38 heavy (non-hydrogen) atoms. The van der Waals surface area contributed by atoms with Crippen molar-refractivity contribution in [3.05, 3.63) is 69.8 Å². The molecule has 3 aromatic rings. The normalized spacial score (nSPS) is 11.3. The molecule has 0 bridgehead atoms. The summed E-state index contributed by atoms with van der Waals surface area (Å²) in [7, 11) is 0. The van der Waals surface area contributed by atoms with Gasteiger partial charge in [-0.2, -0.15) is 10.5 Å². The number of nitrogens with zero attached hydrogens (tertiary/aromatic N) is 6. The maximum absolute atomic E-state index is 11.2. The molecule has 196 valence electrons. The smallest absolute Gasteiger partial charge is 0.272 e. The highest BCUT2D eigenvalue weighted by Crippen LogP contribution is 2.36. The number of nitro benzene ring substituents is 1. The maximum atomic E-state index is 11.2. The molecular weight excluding hydrogens is 484 g/mol. The fourth-order valence-electron chi connectivity index (χ4n) is 3.89. The number of benzene rings is 3. The van der Waals surface area contributed by atoms with Crippen molar-refractivity contribution in [2.75, 3.05) is 31.2 Å². The number of anilines is 1. The SMILES string of the molecule is CC(C)OCCN(CCOC(C)C)c1ccc(N=Nc2c(C#N)cc([N+](=O)[O-])cc2C#N)c2ccccc12. The molecule has 0 radical (unpaired) electrons. The number of nitro groups is 1. The van der Waals surface area contributed by atoms with E-state index in [1.165, 1.54) is 0 Å². The Morgan fingerprint density at radius 2 is 1.45 bits per heavy atom. The lowest BCUT2D eigenvalue weighted by Gasteiger charge is -2.27. The second-order valence-corrected chi connectivity index (χ2v) is 9.05. The van der Waals surface area contributed by atoms with Crippen molar-refractivity contribution in [3.8, 4) is 12.1 Å². The largest absolute Gasteiger partial charge is 0.377 e.